The number of carbonyl (C=O) groups is 2. The highest BCUT2D eigenvalue weighted by Gasteiger charge is 2.13. The van der Waals surface area contributed by atoms with Crippen molar-refractivity contribution in [2.45, 2.75) is 0 Å². The third-order valence-corrected chi connectivity index (χ3v) is 9.05. The number of halogens is 7. The molecule has 0 unspecified atom stereocenters. The second-order valence-corrected chi connectivity index (χ2v) is 13.9. The molecule has 0 aliphatic rings. The first-order valence-corrected chi connectivity index (χ1v) is 18.9. The number of amides is 1. The molecule has 56 heavy (non-hydrogen) atoms. The van der Waals surface area contributed by atoms with Crippen LogP contribution < -0.4 is 11.1 Å². The summed E-state index contributed by atoms with van der Waals surface area (Å²) in [6, 6.07) is 35.5. The maximum absolute atomic E-state index is 12.3. The summed E-state index contributed by atoms with van der Waals surface area (Å²) in [4.78, 5) is 22.9. The zero-order chi connectivity index (χ0) is 40.2. The summed E-state index contributed by atoms with van der Waals surface area (Å²) in [5.74, 6) is -0.267. The number of hydrogen-bond acceptors (Lipinski definition) is 9. The molecular formula is C39H25Cl7N6O4. The van der Waals surface area contributed by atoms with Gasteiger partial charge in [0.1, 0.15) is 22.1 Å². The van der Waals surface area contributed by atoms with Crippen molar-refractivity contribution in [1.82, 2.24) is 20.6 Å². The van der Waals surface area contributed by atoms with E-state index in [1.54, 1.807) is 72.8 Å². The van der Waals surface area contributed by atoms with Gasteiger partial charge in [-0.15, -0.1) is 23.2 Å². The van der Waals surface area contributed by atoms with Crippen molar-refractivity contribution in [2.75, 3.05) is 16.4 Å². The fourth-order valence-corrected chi connectivity index (χ4v) is 6.10. The molecule has 0 saturated carbocycles. The second kappa shape index (κ2) is 20.3. The van der Waals surface area contributed by atoms with E-state index >= 15 is 0 Å². The van der Waals surface area contributed by atoms with E-state index in [1.165, 1.54) is 0 Å². The van der Waals surface area contributed by atoms with Gasteiger partial charge in [-0.05, 0) is 116 Å². The maximum atomic E-state index is 12.3. The van der Waals surface area contributed by atoms with Crippen LogP contribution in [0.15, 0.2) is 131 Å². The molecule has 10 nitrogen and oxygen atoms in total. The number of nitrogen functional groups attached to an aromatic ring is 1. The average Bonchev–Trinajstić information content (AvgIpc) is 3.85. The fraction of sp³-hybridized carbons (Fsp3) is 0.0256. The monoisotopic (exact) mass is 886 g/mol. The molecule has 0 aliphatic carbocycles. The van der Waals surface area contributed by atoms with Gasteiger partial charge in [0.25, 0.3) is 11.1 Å². The summed E-state index contributed by atoms with van der Waals surface area (Å²) in [5, 5.41) is 19.6. The predicted molar refractivity (Wildman–Crippen MR) is 227 cm³/mol. The van der Waals surface area contributed by atoms with Crippen LogP contribution in [0, 0.1) is 0 Å². The molecule has 2 heterocycles. The van der Waals surface area contributed by atoms with Crippen molar-refractivity contribution in [3.63, 3.8) is 0 Å². The molecule has 6 aromatic carbocycles. The summed E-state index contributed by atoms with van der Waals surface area (Å²) in [5.41, 5.74) is 13.9. The largest absolute Gasteiger partial charge is 0.399 e. The van der Waals surface area contributed by atoms with Crippen molar-refractivity contribution in [3.05, 3.63) is 153 Å². The van der Waals surface area contributed by atoms with Crippen molar-refractivity contribution in [2.24, 2.45) is 0 Å². The van der Waals surface area contributed by atoms with Crippen molar-refractivity contribution in [1.29, 1.82) is 0 Å². The SMILES string of the molecule is ClCCl.Nc1ccc(-c2cc3nonc3cc2Cl)cc1.O=C(Cl)c1ccccc1Cl.O=C(Nc1ccc(-c2cc3nonc3cc2Cl)cc1)c1ccccc1Cl. The van der Waals surface area contributed by atoms with Gasteiger partial charge in [-0.25, -0.2) is 9.26 Å². The van der Waals surface area contributed by atoms with E-state index in [4.69, 9.17) is 91.6 Å². The predicted octanol–water partition coefficient (Wildman–Crippen LogP) is 12.7. The fourth-order valence-electron chi connectivity index (χ4n) is 4.91. The van der Waals surface area contributed by atoms with Gasteiger partial charge < -0.3 is 11.1 Å². The lowest BCUT2D eigenvalue weighted by atomic mass is 10.0. The van der Waals surface area contributed by atoms with E-state index in [9.17, 15) is 9.59 Å². The minimum absolute atomic E-state index is 0.194. The Morgan fingerprint density at radius 1 is 0.554 bits per heavy atom. The molecule has 0 spiro atoms. The van der Waals surface area contributed by atoms with Crippen LogP contribution in [0.5, 0.6) is 0 Å². The lowest BCUT2D eigenvalue weighted by Crippen LogP contribution is -2.12. The number of fused-ring (bicyclic) bond motifs is 2. The third-order valence-electron chi connectivity index (χ3n) is 7.56. The molecule has 8 aromatic rings. The molecule has 0 fully saturated rings. The smallest absolute Gasteiger partial charge is 0.257 e. The Labute approximate surface area is 354 Å². The van der Waals surface area contributed by atoms with Crippen LogP contribution in [0.4, 0.5) is 11.4 Å². The first kappa shape index (κ1) is 42.2. The number of nitrogens with two attached hydrogens (primary N) is 1. The van der Waals surface area contributed by atoms with Crippen LogP contribution in [-0.2, 0) is 0 Å². The highest BCUT2D eigenvalue weighted by atomic mass is 35.5. The lowest BCUT2D eigenvalue weighted by molar-refractivity contribution is 0.102. The van der Waals surface area contributed by atoms with Crippen molar-refractivity contribution in [3.8, 4) is 22.3 Å². The standard InChI is InChI=1S/C19H11Cl2N3O2.C12H8ClN3O.C7H4Cl2O.CH2Cl2/c20-15-4-2-1-3-13(15)19(25)22-12-7-5-11(6-8-12)14-9-17-18(10-16(14)21)24-26-23-17;13-10-6-12-11(15-17-16-12)5-9(10)7-1-3-8(14)4-2-7;8-6-4-2-1-3-5(6)7(9)10;2-1-3/h1-10H,(H,22,25);1-6H,14H2;1-4H;1H2. The number of carbonyl (C=O) groups excluding carboxylic acids is 2. The number of nitrogens with one attached hydrogen (secondary N) is 1. The Morgan fingerprint density at radius 2 is 0.946 bits per heavy atom. The summed E-state index contributed by atoms with van der Waals surface area (Å²) in [7, 11) is 0. The Kier molecular flexibility index (Phi) is 15.3. The van der Waals surface area contributed by atoms with E-state index in [0.717, 1.165) is 22.3 Å². The summed E-state index contributed by atoms with van der Waals surface area (Å²) >= 11 is 38.9. The number of alkyl halides is 2. The van der Waals surface area contributed by atoms with Gasteiger partial charge in [0.2, 0.25) is 0 Å². The van der Waals surface area contributed by atoms with Gasteiger partial charge in [0.05, 0.1) is 36.6 Å². The number of nitrogens with zero attached hydrogens (tertiary/aromatic N) is 4. The van der Waals surface area contributed by atoms with Crippen LogP contribution in [0.25, 0.3) is 44.3 Å². The minimum Gasteiger partial charge on any atom is -0.399 e. The first-order chi connectivity index (χ1) is 27.0. The molecule has 1 amide bonds. The summed E-state index contributed by atoms with van der Waals surface area (Å²) in [6.45, 7) is 0. The molecule has 17 heteroatoms. The third kappa shape index (κ3) is 11.1. The first-order valence-electron chi connectivity index (χ1n) is 15.9. The van der Waals surface area contributed by atoms with Gasteiger partial charge in [0, 0.05) is 22.5 Å². The van der Waals surface area contributed by atoms with Gasteiger partial charge in [-0.1, -0.05) is 94.9 Å². The average molecular weight is 890 g/mol. The Bertz CT molecular complexity index is 2580. The molecule has 0 aliphatic heterocycles. The number of anilines is 2. The van der Waals surface area contributed by atoms with Crippen LogP contribution in [-0.4, -0.2) is 37.1 Å². The Morgan fingerprint density at radius 3 is 1.36 bits per heavy atom. The Hall–Kier alpha value is -4.91. The van der Waals surface area contributed by atoms with Gasteiger partial charge >= 0.3 is 0 Å². The molecule has 0 bridgehead atoms. The van der Waals surface area contributed by atoms with Crippen LogP contribution in [0.1, 0.15) is 20.7 Å². The molecule has 0 atom stereocenters. The zero-order valence-electron chi connectivity index (χ0n) is 28.4. The van der Waals surface area contributed by atoms with E-state index in [-0.39, 0.29) is 11.2 Å². The minimum atomic E-state index is -0.523. The normalized spacial score (nSPS) is 10.3. The van der Waals surface area contributed by atoms with E-state index in [0.29, 0.717) is 64.7 Å². The highest BCUT2D eigenvalue weighted by Crippen LogP contribution is 2.33. The highest BCUT2D eigenvalue weighted by molar-refractivity contribution is 6.68. The van der Waals surface area contributed by atoms with Gasteiger partial charge in [-0.2, -0.15) is 0 Å². The molecule has 0 radical (unpaired) electrons. The van der Waals surface area contributed by atoms with Gasteiger partial charge in [0.15, 0.2) is 0 Å². The van der Waals surface area contributed by atoms with E-state index in [2.05, 4.69) is 30.6 Å². The molecule has 0 saturated heterocycles. The molecular weight excluding hydrogens is 865 g/mol. The number of rotatable bonds is 5. The van der Waals surface area contributed by atoms with Crippen LogP contribution in [0.3, 0.4) is 0 Å². The quantitative estimate of drug-likeness (QED) is 0.0978. The number of hydrogen-bond donors (Lipinski definition) is 2. The van der Waals surface area contributed by atoms with Crippen molar-refractivity contribution < 1.29 is 18.8 Å². The zero-order valence-corrected chi connectivity index (χ0v) is 33.7. The topological polar surface area (TPSA) is 150 Å². The maximum Gasteiger partial charge on any atom is 0.257 e. The van der Waals surface area contributed by atoms with Crippen LogP contribution >= 0.6 is 81.2 Å². The van der Waals surface area contributed by atoms with Crippen LogP contribution in [0.2, 0.25) is 20.1 Å². The summed E-state index contributed by atoms with van der Waals surface area (Å²) in [6.07, 6.45) is 0. The Balaban J connectivity index is 0.000000171. The van der Waals surface area contributed by atoms with E-state index in [1.807, 2.05) is 48.5 Å². The van der Waals surface area contributed by atoms with E-state index < -0.39 is 5.24 Å². The van der Waals surface area contributed by atoms with Gasteiger partial charge in [-0.3, -0.25) is 9.59 Å². The number of benzene rings is 6. The lowest BCUT2D eigenvalue weighted by Gasteiger charge is -2.09. The second-order valence-electron chi connectivity index (χ2n) is 11.2. The molecule has 8 rings (SSSR count). The molecule has 3 N–H and O–H groups in total. The molecule has 284 valence electrons. The van der Waals surface area contributed by atoms with Crippen molar-refractivity contribution >= 4 is 126 Å². The summed E-state index contributed by atoms with van der Waals surface area (Å²) < 4.78 is 9.36. The molecule has 2 aromatic heterocycles. The number of aromatic nitrogens is 4.